The van der Waals surface area contributed by atoms with Crippen LogP contribution < -0.4 is 20.1 Å². The fourth-order valence-electron chi connectivity index (χ4n) is 5.73. The first-order valence-corrected chi connectivity index (χ1v) is 10.7. The third-order valence-corrected chi connectivity index (χ3v) is 6.98. The SMILES string of the molecule is O=C(CC1CC2CCC(C1)N2)NC1(c2ccc3c(c2)OCCO3)CCCC1. The van der Waals surface area contributed by atoms with Gasteiger partial charge in [0.1, 0.15) is 13.2 Å². The molecule has 1 aliphatic carbocycles. The predicted molar refractivity (Wildman–Crippen MR) is 103 cm³/mol. The molecule has 0 aromatic heterocycles. The van der Waals surface area contributed by atoms with Crippen LogP contribution >= 0.6 is 0 Å². The molecule has 5 rings (SSSR count). The Labute approximate surface area is 161 Å². The van der Waals surface area contributed by atoms with Crippen molar-refractivity contribution in [2.45, 2.75) is 75.4 Å². The van der Waals surface area contributed by atoms with Gasteiger partial charge in [-0.3, -0.25) is 4.79 Å². The Morgan fingerprint density at radius 1 is 1.07 bits per heavy atom. The number of piperidine rings is 1. The van der Waals surface area contributed by atoms with Crippen molar-refractivity contribution < 1.29 is 14.3 Å². The van der Waals surface area contributed by atoms with E-state index >= 15 is 0 Å². The number of hydrogen-bond donors (Lipinski definition) is 2. The van der Waals surface area contributed by atoms with Gasteiger partial charge in [-0.15, -0.1) is 0 Å². The molecule has 5 nitrogen and oxygen atoms in total. The molecule has 4 aliphatic rings. The quantitative estimate of drug-likeness (QED) is 0.854. The minimum Gasteiger partial charge on any atom is -0.486 e. The summed E-state index contributed by atoms with van der Waals surface area (Å²) in [6, 6.07) is 7.48. The van der Waals surface area contributed by atoms with E-state index in [-0.39, 0.29) is 11.4 Å². The summed E-state index contributed by atoms with van der Waals surface area (Å²) in [5.41, 5.74) is 0.932. The molecule has 0 radical (unpaired) electrons. The molecule has 1 saturated carbocycles. The van der Waals surface area contributed by atoms with Crippen LogP contribution in [-0.4, -0.2) is 31.2 Å². The summed E-state index contributed by atoms with van der Waals surface area (Å²) in [6.45, 7) is 1.19. The summed E-state index contributed by atoms with van der Waals surface area (Å²) in [5, 5.41) is 7.13. The molecule has 2 bridgehead atoms. The monoisotopic (exact) mass is 370 g/mol. The van der Waals surface area contributed by atoms with Crippen molar-refractivity contribution in [3.05, 3.63) is 23.8 Å². The molecule has 3 fully saturated rings. The molecule has 2 unspecified atom stereocenters. The number of carbonyl (C=O) groups excluding carboxylic acids is 1. The van der Waals surface area contributed by atoms with Crippen LogP contribution in [0, 0.1) is 5.92 Å². The maximum atomic E-state index is 13.0. The maximum absolute atomic E-state index is 13.0. The van der Waals surface area contributed by atoms with Gasteiger partial charge in [-0.2, -0.15) is 0 Å². The van der Waals surface area contributed by atoms with Crippen LogP contribution in [0.3, 0.4) is 0 Å². The first-order valence-electron chi connectivity index (χ1n) is 10.7. The lowest BCUT2D eigenvalue weighted by Crippen LogP contribution is -2.45. The zero-order valence-corrected chi connectivity index (χ0v) is 16.0. The Bertz CT molecular complexity index is 702. The molecular formula is C22H30N2O3. The highest BCUT2D eigenvalue weighted by Crippen LogP contribution is 2.43. The Morgan fingerprint density at radius 3 is 2.52 bits per heavy atom. The molecule has 2 atom stereocenters. The van der Waals surface area contributed by atoms with E-state index in [1.54, 1.807) is 0 Å². The minimum atomic E-state index is -0.237. The average Bonchev–Trinajstić information content (AvgIpc) is 3.28. The summed E-state index contributed by atoms with van der Waals surface area (Å²) in [4.78, 5) is 13.0. The largest absolute Gasteiger partial charge is 0.486 e. The third-order valence-electron chi connectivity index (χ3n) is 6.98. The zero-order chi connectivity index (χ0) is 18.3. The van der Waals surface area contributed by atoms with Gasteiger partial charge >= 0.3 is 0 Å². The van der Waals surface area contributed by atoms with Gasteiger partial charge < -0.3 is 20.1 Å². The lowest BCUT2D eigenvalue weighted by molar-refractivity contribution is -0.124. The number of fused-ring (bicyclic) bond motifs is 3. The number of nitrogens with one attached hydrogen (secondary N) is 2. The lowest BCUT2D eigenvalue weighted by atomic mass is 9.86. The molecule has 3 heterocycles. The minimum absolute atomic E-state index is 0.220. The van der Waals surface area contributed by atoms with Gasteiger partial charge in [-0.1, -0.05) is 18.9 Å². The summed E-state index contributed by atoms with van der Waals surface area (Å²) in [7, 11) is 0. The van der Waals surface area contributed by atoms with Crippen LogP contribution in [0.4, 0.5) is 0 Å². The molecule has 5 heteroatoms. The van der Waals surface area contributed by atoms with Gasteiger partial charge in [0.15, 0.2) is 11.5 Å². The van der Waals surface area contributed by atoms with Crippen LogP contribution in [0.2, 0.25) is 0 Å². The van der Waals surface area contributed by atoms with E-state index in [0.29, 0.717) is 37.6 Å². The molecule has 1 amide bonds. The van der Waals surface area contributed by atoms with Crippen molar-refractivity contribution >= 4 is 5.91 Å². The molecule has 1 aromatic rings. The second-order valence-electron chi connectivity index (χ2n) is 8.88. The number of ether oxygens (including phenoxy) is 2. The van der Waals surface area contributed by atoms with Crippen LogP contribution in [0.1, 0.15) is 63.4 Å². The van der Waals surface area contributed by atoms with Gasteiger partial charge in [0.2, 0.25) is 5.91 Å². The zero-order valence-electron chi connectivity index (χ0n) is 16.0. The number of carbonyl (C=O) groups is 1. The van der Waals surface area contributed by atoms with E-state index in [4.69, 9.17) is 9.47 Å². The number of hydrogen-bond acceptors (Lipinski definition) is 4. The fraction of sp³-hybridized carbons (Fsp3) is 0.682. The van der Waals surface area contributed by atoms with Gasteiger partial charge in [-0.25, -0.2) is 0 Å². The predicted octanol–water partition coefficient (Wildman–Crippen LogP) is 3.26. The van der Waals surface area contributed by atoms with Crippen molar-refractivity contribution in [2.24, 2.45) is 5.92 Å². The van der Waals surface area contributed by atoms with Gasteiger partial charge in [0.05, 0.1) is 5.54 Å². The number of amides is 1. The molecule has 2 saturated heterocycles. The van der Waals surface area contributed by atoms with Crippen LogP contribution in [-0.2, 0) is 10.3 Å². The third kappa shape index (κ3) is 3.42. The topological polar surface area (TPSA) is 59.6 Å². The van der Waals surface area contributed by atoms with E-state index in [1.165, 1.54) is 18.4 Å². The average molecular weight is 370 g/mol. The number of rotatable bonds is 4. The summed E-state index contributed by atoms with van der Waals surface area (Å²) >= 11 is 0. The van der Waals surface area contributed by atoms with Gasteiger partial charge in [-0.05, 0) is 62.1 Å². The molecule has 1 aromatic carbocycles. The Kier molecular flexibility index (Phi) is 4.50. The molecule has 146 valence electrons. The Balaban J connectivity index is 1.31. The van der Waals surface area contributed by atoms with E-state index in [0.717, 1.165) is 50.0 Å². The van der Waals surface area contributed by atoms with E-state index in [2.05, 4.69) is 22.8 Å². The van der Waals surface area contributed by atoms with Gasteiger partial charge in [0.25, 0.3) is 0 Å². The van der Waals surface area contributed by atoms with Gasteiger partial charge in [0, 0.05) is 18.5 Å². The fourth-order valence-corrected chi connectivity index (χ4v) is 5.73. The lowest BCUT2D eigenvalue weighted by Gasteiger charge is -2.34. The molecule has 27 heavy (non-hydrogen) atoms. The van der Waals surface area contributed by atoms with Crippen molar-refractivity contribution in [3.63, 3.8) is 0 Å². The summed E-state index contributed by atoms with van der Waals surface area (Å²) < 4.78 is 11.4. The van der Waals surface area contributed by atoms with Crippen LogP contribution in [0.25, 0.3) is 0 Å². The summed E-state index contributed by atoms with van der Waals surface area (Å²) in [5.74, 6) is 2.38. The summed E-state index contributed by atoms with van der Waals surface area (Å²) in [6.07, 6.45) is 9.88. The standard InChI is InChI=1S/C22H30N2O3/c25-21(13-15-11-17-4-5-18(12-15)23-17)24-22(7-1-2-8-22)16-3-6-19-20(14-16)27-10-9-26-19/h3,6,14-15,17-18,23H,1-2,4-5,7-13H2,(H,24,25). The smallest absolute Gasteiger partial charge is 0.220 e. The Morgan fingerprint density at radius 2 is 1.78 bits per heavy atom. The normalized spacial score (nSPS) is 30.9. The first-order chi connectivity index (χ1) is 13.2. The highest BCUT2D eigenvalue weighted by molar-refractivity contribution is 5.77. The van der Waals surface area contributed by atoms with Crippen molar-refractivity contribution in [3.8, 4) is 11.5 Å². The maximum Gasteiger partial charge on any atom is 0.220 e. The highest BCUT2D eigenvalue weighted by atomic mass is 16.6. The Hall–Kier alpha value is -1.75. The molecule has 2 N–H and O–H groups in total. The van der Waals surface area contributed by atoms with Crippen molar-refractivity contribution in [2.75, 3.05) is 13.2 Å². The second-order valence-corrected chi connectivity index (χ2v) is 8.88. The molecular weight excluding hydrogens is 340 g/mol. The van der Waals surface area contributed by atoms with Crippen LogP contribution in [0.5, 0.6) is 11.5 Å². The second kappa shape index (κ2) is 7.01. The molecule has 3 aliphatic heterocycles. The van der Waals surface area contributed by atoms with Crippen molar-refractivity contribution in [1.29, 1.82) is 0 Å². The van der Waals surface area contributed by atoms with E-state index in [1.807, 2.05) is 6.07 Å². The van der Waals surface area contributed by atoms with E-state index < -0.39 is 0 Å². The van der Waals surface area contributed by atoms with Crippen molar-refractivity contribution in [1.82, 2.24) is 10.6 Å². The molecule has 0 spiro atoms. The highest BCUT2D eigenvalue weighted by Gasteiger charge is 2.39. The number of benzene rings is 1. The first kappa shape index (κ1) is 17.4. The van der Waals surface area contributed by atoms with Crippen LogP contribution in [0.15, 0.2) is 18.2 Å². The van der Waals surface area contributed by atoms with E-state index in [9.17, 15) is 4.79 Å².